The van der Waals surface area contributed by atoms with E-state index >= 15 is 0 Å². The van der Waals surface area contributed by atoms with Gasteiger partial charge in [-0.05, 0) is 51.4 Å². The summed E-state index contributed by atoms with van der Waals surface area (Å²) < 4.78 is 0. The van der Waals surface area contributed by atoms with Crippen molar-refractivity contribution in [3.8, 4) is 0 Å². The van der Waals surface area contributed by atoms with Gasteiger partial charge in [-0.2, -0.15) is 0 Å². The lowest BCUT2D eigenvalue weighted by atomic mass is 9.67. The first-order valence-corrected chi connectivity index (χ1v) is 9.13. The van der Waals surface area contributed by atoms with Gasteiger partial charge in [0, 0.05) is 24.2 Å². The minimum Gasteiger partial charge on any atom is -0.371 e. The number of allylic oxidation sites excluding steroid dienone is 6. The van der Waals surface area contributed by atoms with Crippen LogP contribution in [0.2, 0.25) is 0 Å². The maximum absolute atomic E-state index is 4.33. The van der Waals surface area contributed by atoms with E-state index in [0.717, 1.165) is 23.8 Å². The number of hydrogen-bond acceptors (Lipinski definition) is 1. The first kappa shape index (κ1) is 15.6. The second-order valence-electron chi connectivity index (χ2n) is 7.41. The Bertz CT molecular complexity index is 496. The van der Waals surface area contributed by atoms with Gasteiger partial charge in [0.25, 0.3) is 0 Å². The summed E-state index contributed by atoms with van der Waals surface area (Å²) in [5, 5.41) is 0. The van der Waals surface area contributed by atoms with Gasteiger partial charge in [-0.15, -0.1) is 0 Å². The lowest BCUT2D eigenvalue weighted by molar-refractivity contribution is 0.0398. The van der Waals surface area contributed by atoms with Crippen molar-refractivity contribution >= 4 is 0 Å². The van der Waals surface area contributed by atoms with Crippen molar-refractivity contribution in [2.75, 3.05) is 6.54 Å². The van der Waals surface area contributed by atoms with Crippen LogP contribution in [0, 0.1) is 17.8 Å². The molecule has 1 nitrogen and oxygen atoms in total. The Labute approximate surface area is 136 Å². The summed E-state index contributed by atoms with van der Waals surface area (Å²) in [6.07, 6.45) is 19.6. The van der Waals surface area contributed by atoms with E-state index in [1.54, 1.807) is 0 Å². The standard InChI is InChI=1S/C21H31N/c1-4-5-8-16(2)11-13-20-19-10-7-6-9-18(19)15-22-17(3)12-14-21(20)22/h4-5,8,11,13,18-21H,3,6-7,9-10,12,14-15H2,1-2H3/b5-4-,13-11+,16-8+/t18?,19?,20?,21-/m1/s1. The summed E-state index contributed by atoms with van der Waals surface area (Å²) in [7, 11) is 0. The third-order valence-electron chi connectivity index (χ3n) is 6.01. The van der Waals surface area contributed by atoms with E-state index < -0.39 is 0 Å². The summed E-state index contributed by atoms with van der Waals surface area (Å²) in [5.74, 6) is 2.54. The SMILES string of the molecule is C=C1CC[C@@H]2C(/C=C/C(C)=C/C=C\C)C3CCCCC3CN12. The van der Waals surface area contributed by atoms with Crippen molar-refractivity contribution in [3.05, 3.63) is 48.2 Å². The van der Waals surface area contributed by atoms with E-state index in [9.17, 15) is 0 Å². The van der Waals surface area contributed by atoms with Gasteiger partial charge >= 0.3 is 0 Å². The second kappa shape index (κ2) is 6.89. The normalized spacial score (nSPS) is 36.2. The van der Waals surface area contributed by atoms with Crippen LogP contribution < -0.4 is 0 Å². The van der Waals surface area contributed by atoms with Gasteiger partial charge in [0.1, 0.15) is 0 Å². The van der Waals surface area contributed by atoms with Gasteiger partial charge in [-0.1, -0.05) is 55.4 Å². The van der Waals surface area contributed by atoms with Gasteiger partial charge in [-0.25, -0.2) is 0 Å². The Kier molecular flexibility index (Phi) is 4.90. The van der Waals surface area contributed by atoms with Gasteiger partial charge < -0.3 is 4.90 Å². The highest BCUT2D eigenvalue weighted by Crippen LogP contribution is 2.47. The van der Waals surface area contributed by atoms with E-state index in [1.165, 1.54) is 56.3 Å². The summed E-state index contributed by atoms with van der Waals surface area (Å²) in [4.78, 5) is 2.66. The van der Waals surface area contributed by atoms with E-state index in [1.807, 2.05) is 0 Å². The Balaban J connectivity index is 1.81. The largest absolute Gasteiger partial charge is 0.371 e. The van der Waals surface area contributed by atoms with Gasteiger partial charge in [-0.3, -0.25) is 0 Å². The van der Waals surface area contributed by atoms with Crippen molar-refractivity contribution in [3.63, 3.8) is 0 Å². The molecule has 0 bridgehead atoms. The number of nitrogens with zero attached hydrogens (tertiary/aromatic N) is 1. The molecule has 0 amide bonds. The molecule has 2 aliphatic heterocycles. The highest BCUT2D eigenvalue weighted by Gasteiger charge is 2.45. The third-order valence-corrected chi connectivity index (χ3v) is 6.01. The zero-order valence-electron chi connectivity index (χ0n) is 14.3. The van der Waals surface area contributed by atoms with E-state index in [2.05, 4.69) is 55.7 Å². The molecule has 3 rings (SSSR count). The fourth-order valence-corrected chi connectivity index (χ4v) is 4.86. The lowest BCUT2D eigenvalue weighted by Crippen LogP contribution is -2.50. The Morgan fingerprint density at radius 3 is 2.86 bits per heavy atom. The molecule has 0 aromatic heterocycles. The molecule has 1 aliphatic carbocycles. The molecule has 2 saturated heterocycles. The topological polar surface area (TPSA) is 3.24 Å². The predicted octanol–water partition coefficient (Wildman–Crippen LogP) is 5.48. The second-order valence-corrected chi connectivity index (χ2v) is 7.41. The molecule has 3 fully saturated rings. The van der Waals surface area contributed by atoms with Crippen LogP contribution in [0.15, 0.2) is 48.2 Å². The van der Waals surface area contributed by atoms with Crippen LogP contribution in [0.1, 0.15) is 52.4 Å². The Morgan fingerprint density at radius 1 is 1.23 bits per heavy atom. The van der Waals surface area contributed by atoms with Crippen LogP contribution >= 0.6 is 0 Å². The molecule has 0 spiro atoms. The molecule has 1 heteroatoms. The van der Waals surface area contributed by atoms with E-state index in [4.69, 9.17) is 0 Å². The molecule has 0 aromatic carbocycles. The highest BCUT2D eigenvalue weighted by molar-refractivity contribution is 5.24. The molecule has 0 N–H and O–H groups in total. The zero-order valence-corrected chi connectivity index (χ0v) is 14.3. The van der Waals surface area contributed by atoms with Gasteiger partial charge in [0.15, 0.2) is 0 Å². The lowest BCUT2D eigenvalue weighted by Gasteiger charge is -2.49. The van der Waals surface area contributed by atoms with Gasteiger partial charge in [0.2, 0.25) is 0 Å². The van der Waals surface area contributed by atoms with Gasteiger partial charge in [0.05, 0.1) is 0 Å². The van der Waals surface area contributed by atoms with Crippen molar-refractivity contribution in [1.29, 1.82) is 0 Å². The smallest absolute Gasteiger partial charge is 0.0356 e. The van der Waals surface area contributed by atoms with Crippen molar-refractivity contribution in [2.24, 2.45) is 17.8 Å². The van der Waals surface area contributed by atoms with Crippen LogP contribution in [-0.2, 0) is 0 Å². The summed E-state index contributed by atoms with van der Waals surface area (Å²) in [5.41, 5.74) is 2.76. The fourth-order valence-electron chi connectivity index (χ4n) is 4.86. The van der Waals surface area contributed by atoms with Crippen molar-refractivity contribution in [2.45, 2.75) is 58.4 Å². The van der Waals surface area contributed by atoms with Crippen molar-refractivity contribution < 1.29 is 0 Å². The average molecular weight is 297 g/mol. The van der Waals surface area contributed by atoms with Crippen molar-refractivity contribution in [1.82, 2.24) is 4.90 Å². The third kappa shape index (κ3) is 3.09. The zero-order chi connectivity index (χ0) is 15.5. The molecule has 3 aliphatic rings. The molecule has 1 saturated carbocycles. The number of piperidine rings is 1. The fraction of sp³-hybridized carbons (Fsp3) is 0.619. The van der Waals surface area contributed by atoms with Crippen LogP contribution in [0.4, 0.5) is 0 Å². The molecule has 22 heavy (non-hydrogen) atoms. The van der Waals surface area contributed by atoms with E-state index in [-0.39, 0.29) is 0 Å². The molecule has 4 atom stereocenters. The molecular weight excluding hydrogens is 266 g/mol. The number of rotatable bonds is 3. The molecule has 0 aromatic rings. The summed E-state index contributed by atoms with van der Waals surface area (Å²) in [6.45, 7) is 9.90. The Hall–Kier alpha value is -1.24. The Morgan fingerprint density at radius 2 is 2.05 bits per heavy atom. The summed E-state index contributed by atoms with van der Waals surface area (Å²) in [6, 6.07) is 0.720. The highest BCUT2D eigenvalue weighted by atomic mass is 15.2. The number of hydrogen-bond donors (Lipinski definition) is 0. The first-order valence-electron chi connectivity index (χ1n) is 9.13. The van der Waals surface area contributed by atoms with Crippen LogP contribution in [0.5, 0.6) is 0 Å². The summed E-state index contributed by atoms with van der Waals surface area (Å²) >= 11 is 0. The quantitative estimate of drug-likeness (QED) is 0.623. The minimum atomic E-state index is 0.720. The average Bonchev–Trinajstić information content (AvgIpc) is 2.90. The monoisotopic (exact) mass is 297 g/mol. The molecule has 3 unspecified atom stereocenters. The molecule has 0 radical (unpaired) electrons. The van der Waals surface area contributed by atoms with E-state index in [0.29, 0.717) is 0 Å². The molecule has 120 valence electrons. The molecular formula is C21H31N. The van der Waals surface area contributed by atoms with Crippen LogP contribution in [0.3, 0.4) is 0 Å². The number of fused-ring (bicyclic) bond motifs is 2. The first-order chi connectivity index (χ1) is 10.7. The maximum Gasteiger partial charge on any atom is 0.0356 e. The molecule has 2 heterocycles. The van der Waals surface area contributed by atoms with Crippen LogP contribution in [0.25, 0.3) is 0 Å². The minimum absolute atomic E-state index is 0.720. The maximum atomic E-state index is 4.33. The predicted molar refractivity (Wildman–Crippen MR) is 95.5 cm³/mol. The van der Waals surface area contributed by atoms with Crippen LogP contribution in [-0.4, -0.2) is 17.5 Å².